The summed E-state index contributed by atoms with van der Waals surface area (Å²) in [6.07, 6.45) is 3.93. The van der Waals surface area contributed by atoms with Crippen LogP contribution in [0.2, 0.25) is 0 Å². The molecule has 2 aromatic rings. The smallest absolute Gasteiger partial charge is 0.123 e. The number of hydrogen-bond donors (Lipinski definition) is 1. The summed E-state index contributed by atoms with van der Waals surface area (Å²) in [6, 6.07) is 7.16. The van der Waals surface area contributed by atoms with E-state index in [1.165, 1.54) is 31.4 Å². The molecule has 0 aliphatic heterocycles. The molecule has 0 amide bonds. The molecule has 2 atom stereocenters. The summed E-state index contributed by atoms with van der Waals surface area (Å²) in [7, 11) is 0. The molecule has 1 aliphatic carbocycles. The highest BCUT2D eigenvalue weighted by Gasteiger charge is 2.22. The minimum absolute atomic E-state index is 0.206. The summed E-state index contributed by atoms with van der Waals surface area (Å²) in [5, 5.41) is 6.65. The van der Waals surface area contributed by atoms with Crippen molar-refractivity contribution in [3.05, 3.63) is 41.2 Å². The Morgan fingerprint density at radius 3 is 2.80 bits per heavy atom. The average molecular weight is 290 g/mol. The van der Waals surface area contributed by atoms with E-state index >= 15 is 0 Å². The largest absolute Gasteiger partial charge is 0.308 e. The Kier molecular flexibility index (Phi) is 4.13. The van der Waals surface area contributed by atoms with E-state index in [1.807, 2.05) is 0 Å². The molecular weight excluding hydrogens is 271 g/mol. The van der Waals surface area contributed by atoms with Crippen molar-refractivity contribution in [2.24, 2.45) is 5.92 Å². The summed E-state index contributed by atoms with van der Waals surface area (Å²) in [4.78, 5) is 4.63. The quantitative estimate of drug-likeness (QED) is 0.911. The Bertz CT molecular complexity index is 564. The topological polar surface area (TPSA) is 24.9 Å². The van der Waals surface area contributed by atoms with Gasteiger partial charge in [-0.1, -0.05) is 13.3 Å². The summed E-state index contributed by atoms with van der Waals surface area (Å²) in [5.41, 5.74) is 2.06. The molecule has 0 spiro atoms. The van der Waals surface area contributed by atoms with E-state index in [-0.39, 0.29) is 5.82 Å². The van der Waals surface area contributed by atoms with Gasteiger partial charge in [0, 0.05) is 23.5 Å². The predicted molar refractivity (Wildman–Crippen MR) is 81.2 cm³/mol. The van der Waals surface area contributed by atoms with Crippen molar-refractivity contribution >= 4 is 11.3 Å². The van der Waals surface area contributed by atoms with Crippen molar-refractivity contribution in [1.82, 2.24) is 10.3 Å². The van der Waals surface area contributed by atoms with Gasteiger partial charge in [-0.3, -0.25) is 0 Å². The van der Waals surface area contributed by atoms with Gasteiger partial charge in [0.1, 0.15) is 10.8 Å². The lowest BCUT2D eigenvalue weighted by molar-refractivity contribution is 0.424. The van der Waals surface area contributed by atoms with Gasteiger partial charge in [-0.2, -0.15) is 0 Å². The highest BCUT2D eigenvalue weighted by Crippen LogP contribution is 2.26. The highest BCUT2D eigenvalue weighted by molar-refractivity contribution is 7.13. The normalized spacial score (nSPS) is 22.3. The van der Waals surface area contributed by atoms with Gasteiger partial charge in [0.05, 0.1) is 5.69 Å². The van der Waals surface area contributed by atoms with E-state index in [0.29, 0.717) is 6.04 Å². The molecule has 106 valence electrons. The molecule has 3 rings (SSSR count). The standard InChI is InChI=1S/C16H19FN2S/c1-11-3-2-4-15(11)18-9-14-10-20-16(19-14)12-5-7-13(17)8-6-12/h5-8,10-11,15,18H,2-4,9H2,1H3. The second kappa shape index (κ2) is 6.02. The minimum atomic E-state index is -0.206. The van der Waals surface area contributed by atoms with E-state index in [0.717, 1.165) is 28.7 Å². The number of halogens is 1. The van der Waals surface area contributed by atoms with Crippen LogP contribution in [0.1, 0.15) is 31.9 Å². The number of nitrogens with zero attached hydrogens (tertiary/aromatic N) is 1. The van der Waals surface area contributed by atoms with Gasteiger partial charge in [0.25, 0.3) is 0 Å². The lowest BCUT2D eigenvalue weighted by Crippen LogP contribution is -2.30. The zero-order chi connectivity index (χ0) is 13.9. The molecule has 0 bridgehead atoms. The maximum Gasteiger partial charge on any atom is 0.123 e. The van der Waals surface area contributed by atoms with Crippen LogP contribution in [0.3, 0.4) is 0 Å². The van der Waals surface area contributed by atoms with Gasteiger partial charge in [-0.15, -0.1) is 11.3 Å². The van der Waals surface area contributed by atoms with Crippen molar-refractivity contribution in [2.75, 3.05) is 0 Å². The Hall–Kier alpha value is -1.26. The molecular formula is C16H19FN2S. The fraction of sp³-hybridized carbons (Fsp3) is 0.438. The number of hydrogen-bond acceptors (Lipinski definition) is 3. The number of benzene rings is 1. The van der Waals surface area contributed by atoms with E-state index in [1.54, 1.807) is 23.5 Å². The average Bonchev–Trinajstić information content (AvgIpc) is 3.06. The fourth-order valence-electron chi connectivity index (χ4n) is 2.80. The van der Waals surface area contributed by atoms with Crippen LogP contribution in [-0.2, 0) is 6.54 Å². The molecule has 1 aliphatic rings. The molecule has 20 heavy (non-hydrogen) atoms. The van der Waals surface area contributed by atoms with E-state index in [2.05, 4.69) is 22.6 Å². The first-order valence-electron chi connectivity index (χ1n) is 7.16. The zero-order valence-electron chi connectivity index (χ0n) is 11.6. The van der Waals surface area contributed by atoms with Gasteiger partial charge in [-0.25, -0.2) is 9.37 Å². The second-order valence-corrected chi connectivity index (χ2v) is 6.40. The van der Waals surface area contributed by atoms with Gasteiger partial charge < -0.3 is 5.32 Å². The van der Waals surface area contributed by atoms with E-state index in [9.17, 15) is 4.39 Å². The van der Waals surface area contributed by atoms with Gasteiger partial charge in [0.15, 0.2) is 0 Å². The van der Waals surface area contributed by atoms with Crippen molar-refractivity contribution in [1.29, 1.82) is 0 Å². The van der Waals surface area contributed by atoms with Crippen molar-refractivity contribution in [3.63, 3.8) is 0 Å². The Labute approximate surface area is 123 Å². The van der Waals surface area contributed by atoms with Crippen LogP contribution >= 0.6 is 11.3 Å². The van der Waals surface area contributed by atoms with Crippen LogP contribution in [-0.4, -0.2) is 11.0 Å². The van der Waals surface area contributed by atoms with Crippen LogP contribution in [0.15, 0.2) is 29.6 Å². The van der Waals surface area contributed by atoms with Crippen LogP contribution in [0.4, 0.5) is 4.39 Å². The SMILES string of the molecule is CC1CCCC1NCc1csc(-c2ccc(F)cc2)n1. The first-order chi connectivity index (χ1) is 9.72. The first kappa shape index (κ1) is 13.7. The van der Waals surface area contributed by atoms with Gasteiger partial charge in [0.2, 0.25) is 0 Å². The molecule has 2 unspecified atom stereocenters. The molecule has 1 aromatic heterocycles. The summed E-state index contributed by atoms with van der Waals surface area (Å²) >= 11 is 1.62. The van der Waals surface area contributed by atoms with Gasteiger partial charge >= 0.3 is 0 Å². The van der Waals surface area contributed by atoms with Crippen LogP contribution in [0.5, 0.6) is 0 Å². The molecule has 1 aromatic carbocycles. The van der Waals surface area contributed by atoms with E-state index in [4.69, 9.17) is 0 Å². The zero-order valence-corrected chi connectivity index (χ0v) is 12.4. The Morgan fingerprint density at radius 2 is 2.10 bits per heavy atom. The van der Waals surface area contributed by atoms with Crippen LogP contribution in [0, 0.1) is 11.7 Å². The van der Waals surface area contributed by atoms with Crippen molar-refractivity contribution < 1.29 is 4.39 Å². The third-order valence-corrected chi connectivity index (χ3v) is 4.99. The summed E-state index contributed by atoms with van der Waals surface area (Å²) in [6.45, 7) is 3.14. The maximum absolute atomic E-state index is 12.9. The monoisotopic (exact) mass is 290 g/mol. The molecule has 0 radical (unpaired) electrons. The first-order valence-corrected chi connectivity index (χ1v) is 8.04. The Morgan fingerprint density at radius 1 is 1.30 bits per heavy atom. The van der Waals surface area contributed by atoms with Gasteiger partial charge in [-0.05, 0) is 43.0 Å². The molecule has 1 heterocycles. The molecule has 0 saturated heterocycles. The third-order valence-electron chi connectivity index (χ3n) is 4.05. The summed E-state index contributed by atoms with van der Waals surface area (Å²) in [5.74, 6) is 0.563. The number of aromatic nitrogens is 1. The molecule has 1 N–H and O–H groups in total. The molecule has 1 saturated carbocycles. The number of thiazole rings is 1. The van der Waals surface area contributed by atoms with Crippen molar-refractivity contribution in [3.8, 4) is 10.6 Å². The fourth-order valence-corrected chi connectivity index (χ4v) is 3.62. The van der Waals surface area contributed by atoms with Crippen molar-refractivity contribution in [2.45, 2.75) is 38.8 Å². The molecule has 1 fully saturated rings. The lowest BCUT2D eigenvalue weighted by atomic mass is 10.1. The number of rotatable bonds is 4. The Balaban J connectivity index is 1.63. The molecule has 4 heteroatoms. The maximum atomic E-state index is 12.9. The number of nitrogens with one attached hydrogen (secondary N) is 1. The minimum Gasteiger partial charge on any atom is -0.308 e. The third kappa shape index (κ3) is 3.07. The van der Waals surface area contributed by atoms with E-state index < -0.39 is 0 Å². The summed E-state index contributed by atoms with van der Waals surface area (Å²) < 4.78 is 12.9. The predicted octanol–water partition coefficient (Wildman–Crippen LogP) is 4.23. The highest BCUT2D eigenvalue weighted by atomic mass is 32.1. The van der Waals surface area contributed by atoms with Crippen LogP contribution in [0.25, 0.3) is 10.6 Å². The second-order valence-electron chi connectivity index (χ2n) is 5.55. The van der Waals surface area contributed by atoms with Crippen LogP contribution < -0.4 is 5.32 Å². The molecule has 2 nitrogen and oxygen atoms in total. The lowest BCUT2D eigenvalue weighted by Gasteiger charge is -2.16.